The second kappa shape index (κ2) is 6.74. The summed E-state index contributed by atoms with van der Waals surface area (Å²) in [5, 5.41) is 16.0. The first kappa shape index (κ1) is 15.4. The van der Waals surface area contributed by atoms with E-state index in [1.54, 1.807) is 11.6 Å². The van der Waals surface area contributed by atoms with Crippen molar-refractivity contribution in [2.45, 2.75) is 26.2 Å². The standard InChI is InChI=1S/C15H17N5O2S/c1-3-4-8-12(21)16-14-19-20-13(17-18-15(20)23-14)10-6-5-7-11(9-10)22-2/h5-7,9H,3-4,8H2,1-2H3,(H,16,19,21). The lowest BCUT2D eigenvalue weighted by molar-refractivity contribution is -0.116. The third-order valence-corrected chi connectivity index (χ3v) is 4.14. The molecular formula is C15H17N5O2S. The molecule has 3 aromatic rings. The molecule has 0 aliphatic rings. The van der Waals surface area contributed by atoms with E-state index in [0.717, 1.165) is 24.2 Å². The first-order valence-corrected chi connectivity index (χ1v) is 8.19. The predicted molar refractivity (Wildman–Crippen MR) is 88.8 cm³/mol. The fraction of sp³-hybridized carbons (Fsp3) is 0.333. The second-order valence-electron chi connectivity index (χ2n) is 5.01. The Morgan fingerprint density at radius 2 is 2.26 bits per heavy atom. The molecule has 23 heavy (non-hydrogen) atoms. The summed E-state index contributed by atoms with van der Waals surface area (Å²) >= 11 is 1.30. The zero-order valence-corrected chi connectivity index (χ0v) is 13.8. The van der Waals surface area contributed by atoms with Gasteiger partial charge in [0.2, 0.25) is 16.0 Å². The van der Waals surface area contributed by atoms with E-state index >= 15 is 0 Å². The molecule has 2 aromatic heterocycles. The number of ether oxygens (including phenoxy) is 1. The van der Waals surface area contributed by atoms with Crippen molar-refractivity contribution in [3.8, 4) is 17.1 Å². The van der Waals surface area contributed by atoms with Gasteiger partial charge in [-0.3, -0.25) is 4.79 Å². The molecule has 0 fully saturated rings. The lowest BCUT2D eigenvalue weighted by Crippen LogP contribution is -2.11. The summed E-state index contributed by atoms with van der Waals surface area (Å²) in [5.74, 6) is 1.33. The fourth-order valence-corrected chi connectivity index (χ4v) is 2.88. The minimum absolute atomic E-state index is 0.0280. The van der Waals surface area contributed by atoms with E-state index < -0.39 is 0 Å². The minimum Gasteiger partial charge on any atom is -0.497 e. The maximum atomic E-state index is 11.8. The van der Waals surface area contributed by atoms with Crippen LogP contribution in [0.3, 0.4) is 0 Å². The van der Waals surface area contributed by atoms with Crippen molar-refractivity contribution >= 4 is 27.3 Å². The number of carbonyl (C=O) groups excluding carboxylic acids is 1. The van der Waals surface area contributed by atoms with Gasteiger partial charge in [-0.25, -0.2) is 0 Å². The Hall–Kier alpha value is -2.48. The highest BCUT2D eigenvalue weighted by Crippen LogP contribution is 2.26. The third kappa shape index (κ3) is 3.31. The van der Waals surface area contributed by atoms with Gasteiger partial charge in [0, 0.05) is 12.0 Å². The fourth-order valence-electron chi connectivity index (χ4n) is 2.13. The van der Waals surface area contributed by atoms with Crippen LogP contribution in [-0.4, -0.2) is 32.8 Å². The number of anilines is 1. The molecule has 0 saturated carbocycles. The van der Waals surface area contributed by atoms with Crippen LogP contribution in [0.5, 0.6) is 5.75 Å². The van der Waals surface area contributed by atoms with E-state index in [-0.39, 0.29) is 5.91 Å². The molecule has 0 unspecified atom stereocenters. The number of fused-ring (bicyclic) bond motifs is 1. The SMILES string of the molecule is CCCCC(=O)Nc1nn2c(-c3cccc(OC)c3)nnc2s1. The average Bonchev–Trinajstić information content (AvgIpc) is 3.12. The average molecular weight is 331 g/mol. The Bertz CT molecular complexity index is 826. The minimum atomic E-state index is -0.0280. The van der Waals surface area contributed by atoms with Crippen LogP contribution in [0.4, 0.5) is 5.13 Å². The van der Waals surface area contributed by atoms with E-state index in [1.165, 1.54) is 11.3 Å². The molecule has 8 heteroatoms. The van der Waals surface area contributed by atoms with Crippen LogP contribution in [-0.2, 0) is 4.79 Å². The van der Waals surface area contributed by atoms with E-state index in [9.17, 15) is 4.79 Å². The molecule has 1 amide bonds. The van der Waals surface area contributed by atoms with E-state index in [4.69, 9.17) is 4.74 Å². The maximum absolute atomic E-state index is 11.8. The summed E-state index contributed by atoms with van der Waals surface area (Å²) < 4.78 is 6.86. The predicted octanol–water partition coefficient (Wildman–Crippen LogP) is 2.99. The lowest BCUT2D eigenvalue weighted by atomic mass is 10.2. The summed E-state index contributed by atoms with van der Waals surface area (Å²) in [6.07, 6.45) is 2.35. The number of nitrogens with zero attached hydrogens (tertiary/aromatic N) is 4. The van der Waals surface area contributed by atoms with Crippen LogP contribution in [0.2, 0.25) is 0 Å². The van der Waals surface area contributed by atoms with Crippen molar-refractivity contribution in [3.05, 3.63) is 24.3 Å². The van der Waals surface area contributed by atoms with Gasteiger partial charge >= 0.3 is 0 Å². The third-order valence-electron chi connectivity index (χ3n) is 3.32. The molecule has 0 bridgehead atoms. The molecule has 2 heterocycles. The van der Waals surface area contributed by atoms with Gasteiger partial charge in [-0.05, 0) is 18.6 Å². The van der Waals surface area contributed by atoms with Crippen molar-refractivity contribution in [2.75, 3.05) is 12.4 Å². The molecule has 0 aliphatic heterocycles. The van der Waals surface area contributed by atoms with Crippen molar-refractivity contribution in [2.24, 2.45) is 0 Å². The largest absolute Gasteiger partial charge is 0.497 e. The monoisotopic (exact) mass is 331 g/mol. The first-order chi connectivity index (χ1) is 11.2. The van der Waals surface area contributed by atoms with Crippen LogP contribution < -0.4 is 10.1 Å². The van der Waals surface area contributed by atoms with Crippen LogP contribution >= 0.6 is 11.3 Å². The summed E-state index contributed by atoms with van der Waals surface area (Å²) in [5.41, 5.74) is 0.853. The van der Waals surface area contributed by atoms with Gasteiger partial charge in [-0.2, -0.15) is 4.52 Å². The number of rotatable bonds is 6. The Balaban J connectivity index is 1.87. The van der Waals surface area contributed by atoms with Crippen molar-refractivity contribution in [1.29, 1.82) is 0 Å². The Morgan fingerprint density at radius 3 is 3.04 bits per heavy atom. The number of hydrogen-bond acceptors (Lipinski definition) is 6. The highest BCUT2D eigenvalue weighted by molar-refractivity contribution is 7.20. The molecule has 0 saturated heterocycles. The lowest BCUT2D eigenvalue weighted by Gasteiger charge is -2.02. The number of unbranched alkanes of at least 4 members (excludes halogenated alkanes) is 1. The van der Waals surface area contributed by atoms with Crippen LogP contribution in [0.1, 0.15) is 26.2 Å². The Labute approximate surface area is 137 Å². The zero-order valence-electron chi connectivity index (χ0n) is 12.9. The molecule has 0 atom stereocenters. The summed E-state index contributed by atoms with van der Waals surface area (Å²) in [4.78, 5) is 12.4. The van der Waals surface area contributed by atoms with Gasteiger partial charge in [0.1, 0.15) is 5.75 Å². The van der Waals surface area contributed by atoms with Gasteiger partial charge < -0.3 is 10.1 Å². The molecule has 0 radical (unpaired) electrons. The number of amides is 1. The number of benzene rings is 1. The van der Waals surface area contributed by atoms with Gasteiger partial charge in [-0.1, -0.05) is 36.8 Å². The number of methoxy groups -OCH3 is 1. The van der Waals surface area contributed by atoms with Crippen molar-refractivity contribution in [1.82, 2.24) is 19.8 Å². The normalized spacial score (nSPS) is 10.9. The maximum Gasteiger partial charge on any atom is 0.236 e. The van der Waals surface area contributed by atoms with E-state index in [1.807, 2.05) is 24.3 Å². The molecule has 1 aromatic carbocycles. The molecular weight excluding hydrogens is 314 g/mol. The number of aromatic nitrogens is 4. The molecule has 3 rings (SSSR count). The van der Waals surface area contributed by atoms with Gasteiger partial charge in [0.25, 0.3) is 0 Å². The molecule has 7 nitrogen and oxygen atoms in total. The topological polar surface area (TPSA) is 81.4 Å². The number of nitrogens with one attached hydrogen (secondary N) is 1. The second-order valence-corrected chi connectivity index (χ2v) is 5.96. The van der Waals surface area contributed by atoms with E-state index in [0.29, 0.717) is 22.3 Å². The Morgan fingerprint density at radius 1 is 1.39 bits per heavy atom. The summed E-state index contributed by atoms with van der Waals surface area (Å²) in [7, 11) is 1.62. The summed E-state index contributed by atoms with van der Waals surface area (Å²) in [6.45, 7) is 2.05. The highest BCUT2D eigenvalue weighted by atomic mass is 32.1. The van der Waals surface area contributed by atoms with Crippen molar-refractivity contribution in [3.63, 3.8) is 0 Å². The van der Waals surface area contributed by atoms with Gasteiger partial charge in [0.05, 0.1) is 7.11 Å². The first-order valence-electron chi connectivity index (χ1n) is 7.37. The molecule has 1 N–H and O–H groups in total. The molecule has 0 aliphatic carbocycles. The Kier molecular flexibility index (Phi) is 4.52. The number of carbonyl (C=O) groups is 1. The zero-order chi connectivity index (χ0) is 16.2. The quantitative estimate of drug-likeness (QED) is 0.751. The van der Waals surface area contributed by atoms with Crippen LogP contribution in [0.15, 0.2) is 24.3 Å². The van der Waals surface area contributed by atoms with E-state index in [2.05, 4.69) is 27.5 Å². The van der Waals surface area contributed by atoms with Gasteiger partial charge in [0.15, 0.2) is 5.82 Å². The molecule has 120 valence electrons. The summed E-state index contributed by atoms with van der Waals surface area (Å²) in [6, 6.07) is 7.53. The smallest absolute Gasteiger partial charge is 0.236 e. The highest BCUT2D eigenvalue weighted by Gasteiger charge is 2.15. The van der Waals surface area contributed by atoms with Crippen molar-refractivity contribution < 1.29 is 9.53 Å². The van der Waals surface area contributed by atoms with Gasteiger partial charge in [-0.15, -0.1) is 15.3 Å². The van der Waals surface area contributed by atoms with Crippen LogP contribution in [0.25, 0.3) is 16.3 Å². The molecule has 0 spiro atoms. The van der Waals surface area contributed by atoms with Crippen LogP contribution in [0, 0.1) is 0 Å². The number of hydrogen-bond donors (Lipinski definition) is 1.